The second-order valence-electron chi connectivity index (χ2n) is 6.42. The van der Waals surface area contributed by atoms with Crippen molar-refractivity contribution < 1.29 is 22.5 Å². The average Bonchev–Trinajstić information content (AvgIpc) is 2.56. The van der Waals surface area contributed by atoms with Crippen LogP contribution in [0.2, 0.25) is 0 Å². The first-order valence-electron chi connectivity index (χ1n) is 6.96. The molecule has 1 aliphatic rings. The van der Waals surface area contributed by atoms with E-state index in [9.17, 15) is 8.42 Å². The lowest BCUT2D eigenvalue weighted by atomic mass is 9.78. The van der Waals surface area contributed by atoms with Crippen molar-refractivity contribution in [2.45, 2.75) is 38.9 Å². The SMILES string of the molecule is COc1ccc(NS(C)(=O)=O)cc1B1OC(C)(C)C(C)(C)O1. The van der Waals surface area contributed by atoms with Crippen LogP contribution in [0.1, 0.15) is 27.7 Å². The summed E-state index contributed by atoms with van der Waals surface area (Å²) < 4.78 is 42.6. The lowest BCUT2D eigenvalue weighted by Crippen LogP contribution is -2.41. The van der Waals surface area contributed by atoms with E-state index in [4.69, 9.17) is 14.0 Å². The van der Waals surface area contributed by atoms with Crippen molar-refractivity contribution in [2.24, 2.45) is 0 Å². The number of rotatable bonds is 4. The minimum Gasteiger partial charge on any atom is -0.497 e. The van der Waals surface area contributed by atoms with Crippen molar-refractivity contribution in [1.82, 2.24) is 0 Å². The Morgan fingerprint density at radius 3 is 2.14 bits per heavy atom. The fourth-order valence-corrected chi connectivity index (χ4v) is 2.72. The molecule has 6 nitrogen and oxygen atoms in total. The maximum Gasteiger partial charge on any atom is 0.498 e. The second-order valence-corrected chi connectivity index (χ2v) is 8.17. The summed E-state index contributed by atoms with van der Waals surface area (Å²) in [7, 11) is -2.43. The third kappa shape index (κ3) is 3.39. The number of methoxy groups -OCH3 is 1. The topological polar surface area (TPSA) is 73.9 Å². The van der Waals surface area contributed by atoms with Gasteiger partial charge in [-0.2, -0.15) is 0 Å². The number of hydrogen-bond donors (Lipinski definition) is 1. The third-order valence-corrected chi connectivity index (χ3v) is 4.65. The molecule has 0 aromatic heterocycles. The average molecular weight is 327 g/mol. The predicted molar refractivity (Wildman–Crippen MR) is 87.2 cm³/mol. The van der Waals surface area contributed by atoms with E-state index in [1.165, 1.54) is 0 Å². The lowest BCUT2D eigenvalue weighted by molar-refractivity contribution is 0.00578. The molecule has 0 bridgehead atoms. The highest BCUT2D eigenvalue weighted by molar-refractivity contribution is 7.92. The van der Waals surface area contributed by atoms with Crippen LogP contribution in [0.5, 0.6) is 5.75 Å². The molecule has 1 N–H and O–H groups in total. The monoisotopic (exact) mass is 327 g/mol. The minimum absolute atomic E-state index is 0.438. The zero-order chi connectivity index (χ0) is 16.8. The Morgan fingerprint density at radius 2 is 1.68 bits per heavy atom. The maximum atomic E-state index is 11.4. The summed E-state index contributed by atoms with van der Waals surface area (Å²) in [4.78, 5) is 0. The maximum absolute atomic E-state index is 11.4. The molecule has 0 spiro atoms. The molecule has 1 aliphatic heterocycles. The Bertz CT molecular complexity index is 656. The first-order valence-corrected chi connectivity index (χ1v) is 8.86. The van der Waals surface area contributed by atoms with Gasteiger partial charge >= 0.3 is 7.12 Å². The fourth-order valence-electron chi connectivity index (χ4n) is 2.17. The summed E-state index contributed by atoms with van der Waals surface area (Å²) in [5.41, 5.74) is 0.120. The zero-order valence-corrected chi connectivity index (χ0v) is 14.6. The molecule has 0 amide bonds. The van der Waals surface area contributed by atoms with E-state index in [0.717, 1.165) is 6.26 Å². The van der Waals surface area contributed by atoms with E-state index < -0.39 is 28.3 Å². The smallest absolute Gasteiger partial charge is 0.497 e. The molecule has 22 heavy (non-hydrogen) atoms. The Morgan fingerprint density at radius 1 is 1.14 bits per heavy atom. The van der Waals surface area contributed by atoms with Crippen molar-refractivity contribution >= 4 is 28.3 Å². The molecule has 1 fully saturated rings. The van der Waals surface area contributed by atoms with E-state index in [1.54, 1.807) is 25.3 Å². The Kier molecular flexibility index (Phi) is 4.23. The van der Waals surface area contributed by atoms with Crippen molar-refractivity contribution in [3.05, 3.63) is 18.2 Å². The highest BCUT2D eigenvalue weighted by atomic mass is 32.2. The summed E-state index contributed by atoms with van der Waals surface area (Å²) in [5, 5.41) is 0. The normalized spacial score (nSPS) is 20.0. The van der Waals surface area contributed by atoms with Gasteiger partial charge in [0.2, 0.25) is 10.0 Å². The first kappa shape index (κ1) is 17.1. The summed E-state index contributed by atoms with van der Waals surface area (Å²) in [6.45, 7) is 7.83. The van der Waals surface area contributed by atoms with E-state index in [0.29, 0.717) is 16.9 Å². The van der Waals surface area contributed by atoms with Crippen molar-refractivity contribution in [2.75, 3.05) is 18.1 Å². The van der Waals surface area contributed by atoms with Crippen molar-refractivity contribution in [3.8, 4) is 5.75 Å². The van der Waals surface area contributed by atoms with Crippen molar-refractivity contribution in [1.29, 1.82) is 0 Å². The predicted octanol–water partition coefficient (Wildman–Crippen LogP) is 1.37. The molecule has 1 aromatic rings. The van der Waals surface area contributed by atoms with Crippen LogP contribution < -0.4 is 14.9 Å². The van der Waals surface area contributed by atoms with Crippen LogP contribution in [0.15, 0.2) is 18.2 Å². The summed E-state index contributed by atoms with van der Waals surface area (Å²) >= 11 is 0. The van der Waals surface area contributed by atoms with Gasteiger partial charge in [0.1, 0.15) is 5.75 Å². The largest absolute Gasteiger partial charge is 0.498 e. The molecular weight excluding hydrogens is 305 g/mol. The molecule has 0 atom stereocenters. The number of hydrogen-bond acceptors (Lipinski definition) is 5. The second kappa shape index (κ2) is 5.44. The van der Waals surface area contributed by atoms with Gasteiger partial charge in [0, 0.05) is 11.2 Å². The van der Waals surface area contributed by atoms with Gasteiger partial charge in [0.05, 0.1) is 24.6 Å². The van der Waals surface area contributed by atoms with Gasteiger partial charge < -0.3 is 14.0 Å². The molecular formula is C14H22BNO5S. The summed E-state index contributed by atoms with van der Waals surface area (Å²) in [6.07, 6.45) is 1.10. The van der Waals surface area contributed by atoms with Gasteiger partial charge in [-0.05, 0) is 45.9 Å². The molecule has 0 saturated carbocycles. The minimum atomic E-state index is -3.36. The Hall–Kier alpha value is -1.25. The van der Waals surface area contributed by atoms with Crippen LogP contribution in [-0.4, -0.2) is 40.1 Å². The summed E-state index contributed by atoms with van der Waals surface area (Å²) in [6, 6.07) is 4.99. The van der Waals surface area contributed by atoms with Gasteiger partial charge in [-0.1, -0.05) is 0 Å². The number of anilines is 1. The number of benzene rings is 1. The first-order chi connectivity index (χ1) is 9.95. The standard InChI is InChI=1S/C14H22BNO5S/c1-13(2)14(3,4)21-15(20-13)11-9-10(16-22(6,17)18)7-8-12(11)19-5/h7-9,16H,1-6H3. The van der Waals surface area contributed by atoms with Crippen molar-refractivity contribution in [3.63, 3.8) is 0 Å². The zero-order valence-electron chi connectivity index (χ0n) is 13.8. The molecule has 0 radical (unpaired) electrons. The van der Waals surface area contributed by atoms with Gasteiger partial charge in [-0.3, -0.25) is 4.72 Å². The summed E-state index contributed by atoms with van der Waals surface area (Å²) in [5.74, 6) is 0.581. The van der Waals surface area contributed by atoms with E-state index in [-0.39, 0.29) is 0 Å². The van der Waals surface area contributed by atoms with Gasteiger partial charge in [0.25, 0.3) is 0 Å². The van der Waals surface area contributed by atoms with Crippen LogP contribution in [0.4, 0.5) is 5.69 Å². The molecule has 0 aliphatic carbocycles. The molecule has 2 rings (SSSR count). The molecule has 1 saturated heterocycles. The van der Waals surface area contributed by atoms with E-state index in [2.05, 4.69) is 4.72 Å². The quantitative estimate of drug-likeness (QED) is 0.846. The molecule has 1 aromatic carbocycles. The lowest BCUT2D eigenvalue weighted by Gasteiger charge is -2.32. The van der Waals surface area contributed by atoms with Gasteiger partial charge in [0.15, 0.2) is 0 Å². The van der Waals surface area contributed by atoms with Gasteiger partial charge in [-0.15, -0.1) is 0 Å². The van der Waals surface area contributed by atoms with Crippen LogP contribution >= 0.6 is 0 Å². The highest BCUT2D eigenvalue weighted by Crippen LogP contribution is 2.37. The highest BCUT2D eigenvalue weighted by Gasteiger charge is 2.52. The van der Waals surface area contributed by atoms with Crippen LogP contribution in [0.3, 0.4) is 0 Å². The van der Waals surface area contributed by atoms with Gasteiger partial charge in [-0.25, -0.2) is 8.42 Å². The molecule has 0 unspecified atom stereocenters. The molecule has 1 heterocycles. The van der Waals surface area contributed by atoms with Crippen LogP contribution in [0, 0.1) is 0 Å². The Balaban J connectivity index is 2.40. The van der Waals surface area contributed by atoms with Crippen LogP contribution in [-0.2, 0) is 19.3 Å². The number of nitrogens with one attached hydrogen (secondary N) is 1. The number of sulfonamides is 1. The number of ether oxygens (including phenoxy) is 1. The molecule has 122 valence electrons. The third-order valence-electron chi connectivity index (χ3n) is 4.04. The fraction of sp³-hybridized carbons (Fsp3) is 0.571. The van der Waals surface area contributed by atoms with E-state index >= 15 is 0 Å². The van der Waals surface area contributed by atoms with Crippen LogP contribution in [0.25, 0.3) is 0 Å². The molecule has 8 heteroatoms. The Labute approximate surface area is 132 Å². The van der Waals surface area contributed by atoms with E-state index in [1.807, 2.05) is 27.7 Å².